The van der Waals surface area contributed by atoms with Crippen molar-refractivity contribution in [3.63, 3.8) is 0 Å². The fourth-order valence-corrected chi connectivity index (χ4v) is 2.46. The van der Waals surface area contributed by atoms with Crippen LogP contribution in [-0.4, -0.2) is 30.0 Å². The third kappa shape index (κ3) is 4.32. The first-order valence-corrected chi connectivity index (χ1v) is 7.30. The summed E-state index contributed by atoms with van der Waals surface area (Å²) < 4.78 is 7.71. The lowest BCUT2D eigenvalue weighted by molar-refractivity contribution is 0.100. The minimum absolute atomic E-state index is 0.394. The number of hydrogen-bond acceptors (Lipinski definition) is 3. The van der Waals surface area contributed by atoms with Crippen LogP contribution in [0.4, 0.5) is 0 Å². The van der Waals surface area contributed by atoms with Crippen molar-refractivity contribution in [2.75, 3.05) is 20.3 Å². The average molecular weight is 267 g/mol. The Morgan fingerprint density at radius 2 is 2.00 bits per heavy atom. The number of nitrogens with one attached hydrogen (secondary N) is 1. The van der Waals surface area contributed by atoms with Crippen LogP contribution in [0.3, 0.4) is 0 Å². The van der Waals surface area contributed by atoms with Crippen molar-refractivity contribution in [1.82, 2.24) is 15.1 Å². The molecule has 19 heavy (non-hydrogen) atoms. The highest BCUT2D eigenvalue weighted by Crippen LogP contribution is 2.23. The summed E-state index contributed by atoms with van der Waals surface area (Å²) >= 11 is 0. The Morgan fingerprint density at radius 3 is 2.53 bits per heavy atom. The summed E-state index contributed by atoms with van der Waals surface area (Å²) in [6.07, 6.45) is 1.08. The zero-order chi connectivity index (χ0) is 14.4. The van der Waals surface area contributed by atoms with Crippen LogP contribution in [0.2, 0.25) is 0 Å². The molecule has 4 nitrogen and oxygen atoms in total. The fraction of sp³-hybridized carbons (Fsp3) is 0.800. The predicted molar refractivity (Wildman–Crippen MR) is 79.4 cm³/mol. The van der Waals surface area contributed by atoms with Gasteiger partial charge in [0.2, 0.25) is 0 Å². The van der Waals surface area contributed by atoms with Gasteiger partial charge in [0.15, 0.2) is 0 Å². The molecule has 0 saturated heterocycles. The molecule has 4 heteroatoms. The summed E-state index contributed by atoms with van der Waals surface area (Å²) in [5.74, 6) is 0.588. The van der Waals surface area contributed by atoms with Crippen molar-refractivity contribution >= 4 is 0 Å². The molecule has 0 aromatic carbocycles. The molecule has 0 radical (unpaired) electrons. The van der Waals surface area contributed by atoms with Gasteiger partial charge in [-0.05, 0) is 33.2 Å². The van der Waals surface area contributed by atoms with Crippen molar-refractivity contribution in [1.29, 1.82) is 0 Å². The van der Waals surface area contributed by atoms with Gasteiger partial charge in [0, 0.05) is 23.9 Å². The highest BCUT2D eigenvalue weighted by Gasteiger charge is 2.18. The maximum Gasteiger partial charge on any atom is 0.0662 e. The van der Waals surface area contributed by atoms with Gasteiger partial charge < -0.3 is 10.1 Å². The van der Waals surface area contributed by atoms with E-state index in [1.807, 2.05) is 7.05 Å². The molecule has 1 aromatic heterocycles. The largest absolute Gasteiger partial charge is 0.379 e. The molecule has 1 heterocycles. The number of rotatable bonds is 8. The maximum atomic E-state index is 5.64. The van der Waals surface area contributed by atoms with Crippen LogP contribution in [0.5, 0.6) is 0 Å². The van der Waals surface area contributed by atoms with E-state index in [4.69, 9.17) is 4.74 Å². The number of ether oxygens (including phenoxy) is 1. The lowest BCUT2D eigenvalue weighted by Gasteiger charge is -2.15. The van der Waals surface area contributed by atoms with E-state index in [2.05, 4.69) is 49.7 Å². The normalized spacial score (nSPS) is 13.2. The van der Waals surface area contributed by atoms with Crippen molar-refractivity contribution in [2.24, 2.45) is 5.92 Å². The second-order valence-corrected chi connectivity index (χ2v) is 5.53. The van der Waals surface area contributed by atoms with Crippen molar-refractivity contribution in [3.05, 3.63) is 17.0 Å². The molecular formula is C15H29N3O. The van der Waals surface area contributed by atoms with Crippen molar-refractivity contribution in [2.45, 2.75) is 53.6 Å². The standard InChI is InChI=1S/C15H29N3O/c1-7-14(16-6)15-12(4)17-18(13(15)5)8-9-19-10-11(2)3/h11,14,16H,7-10H2,1-6H3. The summed E-state index contributed by atoms with van der Waals surface area (Å²) in [7, 11) is 2.01. The molecule has 1 atom stereocenters. The van der Waals surface area contributed by atoms with E-state index in [1.165, 1.54) is 11.3 Å². The second kappa shape index (κ2) is 7.65. The summed E-state index contributed by atoms with van der Waals surface area (Å²) in [4.78, 5) is 0. The van der Waals surface area contributed by atoms with Crippen LogP contribution in [0.25, 0.3) is 0 Å². The first kappa shape index (κ1) is 16.2. The molecule has 0 aliphatic rings. The summed E-state index contributed by atoms with van der Waals surface area (Å²) in [6, 6.07) is 0.394. The van der Waals surface area contributed by atoms with Gasteiger partial charge >= 0.3 is 0 Å². The van der Waals surface area contributed by atoms with Gasteiger partial charge in [-0.3, -0.25) is 4.68 Å². The first-order chi connectivity index (χ1) is 9.01. The Labute approximate surface area is 117 Å². The van der Waals surface area contributed by atoms with Crippen molar-refractivity contribution < 1.29 is 4.74 Å². The van der Waals surface area contributed by atoms with Gasteiger partial charge in [-0.15, -0.1) is 0 Å². The predicted octanol–water partition coefficient (Wildman–Crippen LogP) is 2.84. The van der Waals surface area contributed by atoms with E-state index in [0.717, 1.165) is 31.9 Å². The van der Waals surface area contributed by atoms with E-state index >= 15 is 0 Å². The monoisotopic (exact) mass is 267 g/mol. The summed E-state index contributed by atoms with van der Waals surface area (Å²) in [6.45, 7) is 13.2. The van der Waals surface area contributed by atoms with Gasteiger partial charge in [-0.2, -0.15) is 5.10 Å². The topological polar surface area (TPSA) is 39.1 Å². The van der Waals surface area contributed by atoms with E-state index in [-0.39, 0.29) is 0 Å². The van der Waals surface area contributed by atoms with Gasteiger partial charge in [-0.25, -0.2) is 0 Å². The molecule has 1 rings (SSSR count). The lowest BCUT2D eigenvalue weighted by Crippen LogP contribution is -2.17. The Morgan fingerprint density at radius 1 is 1.32 bits per heavy atom. The highest BCUT2D eigenvalue weighted by molar-refractivity contribution is 5.28. The Balaban J connectivity index is 2.68. The highest BCUT2D eigenvalue weighted by atomic mass is 16.5. The molecule has 0 saturated carbocycles. The van der Waals surface area contributed by atoms with E-state index in [9.17, 15) is 0 Å². The number of aryl methyl sites for hydroxylation is 1. The number of aromatic nitrogens is 2. The number of nitrogens with zero attached hydrogens (tertiary/aromatic N) is 2. The molecule has 0 bridgehead atoms. The third-order valence-electron chi connectivity index (χ3n) is 3.44. The minimum Gasteiger partial charge on any atom is -0.379 e. The zero-order valence-electron chi connectivity index (χ0n) is 13.3. The quantitative estimate of drug-likeness (QED) is 0.736. The molecule has 0 aliphatic carbocycles. The molecule has 110 valence electrons. The summed E-state index contributed by atoms with van der Waals surface area (Å²) in [5.41, 5.74) is 3.73. The molecule has 0 spiro atoms. The molecular weight excluding hydrogens is 238 g/mol. The lowest BCUT2D eigenvalue weighted by atomic mass is 10.0. The maximum absolute atomic E-state index is 5.64. The smallest absolute Gasteiger partial charge is 0.0662 e. The van der Waals surface area contributed by atoms with Crippen LogP contribution in [0.15, 0.2) is 0 Å². The van der Waals surface area contributed by atoms with Gasteiger partial charge in [0.1, 0.15) is 0 Å². The van der Waals surface area contributed by atoms with E-state index < -0.39 is 0 Å². The van der Waals surface area contributed by atoms with Crippen molar-refractivity contribution in [3.8, 4) is 0 Å². The molecule has 0 fully saturated rings. The van der Waals surface area contributed by atoms with Crippen LogP contribution in [-0.2, 0) is 11.3 Å². The van der Waals surface area contributed by atoms with Gasteiger partial charge in [0.25, 0.3) is 0 Å². The Bertz CT molecular complexity index is 381. The first-order valence-electron chi connectivity index (χ1n) is 7.30. The molecule has 0 aliphatic heterocycles. The van der Waals surface area contributed by atoms with Crippen LogP contribution < -0.4 is 5.32 Å². The average Bonchev–Trinajstić information content (AvgIpc) is 2.64. The molecule has 1 N–H and O–H groups in total. The van der Waals surface area contributed by atoms with Crippen LogP contribution >= 0.6 is 0 Å². The summed E-state index contributed by atoms with van der Waals surface area (Å²) in [5, 5.41) is 8.00. The zero-order valence-corrected chi connectivity index (χ0v) is 13.3. The van der Waals surface area contributed by atoms with Gasteiger partial charge in [-0.1, -0.05) is 20.8 Å². The third-order valence-corrected chi connectivity index (χ3v) is 3.44. The molecule has 1 unspecified atom stereocenters. The Kier molecular flexibility index (Phi) is 6.52. The van der Waals surface area contributed by atoms with Gasteiger partial charge in [0.05, 0.1) is 18.8 Å². The second-order valence-electron chi connectivity index (χ2n) is 5.53. The fourth-order valence-electron chi connectivity index (χ4n) is 2.46. The molecule has 1 aromatic rings. The van der Waals surface area contributed by atoms with E-state index in [0.29, 0.717) is 12.0 Å². The Hall–Kier alpha value is -0.870. The SMILES string of the molecule is CCC(NC)c1c(C)nn(CCOCC(C)C)c1C. The van der Waals surface area contributed by atoms with Crippen LogP contribution in [0.1, 0.15) is 50.2 Å². The number of hydrogen-bond donors (Lipinski definition) is 1. The van der Waals surface area contributed by atoms with E-state index in [1.54, 1.807) is 0 Å². The van der Waals surface area contributed by atoms with Crippen LogP contribution in [0, 0.1) is 19.8 Å². The minimum atomic E-state index is 0.394. The molecule has 0 amide bonds.